The summed E-state index contributed by atoms with van der Waals surface area (Å²) in [6, 6.07) is 8.92. The number of halogens is 3. The van der Waals surface area contributed by atoms with E-state index in [1.165, 1.54) is 0 Å². The largest absolute Gasteiger partial charge is 0.250 e. The van der Waals surface area contributed by atoms with Crippen LogP contribution in [0.1, 0.15) is 10.8 Å². The maximum Gasteiger partial charge on any atom is 0.250 e. The lowest BCUT2D eigenvalue weighted by atomic mass is 10.2. The first kappa shape index (κ1) is 14.3. The molecule has 0 bridgehead atoms. The second-order valence-electron chi connectivity index (χ2n) is 3.65. The van der Waals surface area contributed by atoms with Crippen molar-refractivity contribution in [3.63, 3.8) is 0 Å². The van der Waals surface area contributed by atoms with Gasteiger partial charge in [0, 0.05) is 10.7 Å². The van der Waals surface area contributed by atoms with Gasteiger partial charge in [-0.3, -0.25) is 0 Å². The third-order valence-corrected chi connectivity index (χ3v) is 6.17. The van der Waals surface area contributed by atoms with Gasteiger partial charge in [-0.2, -0.15) is 0 Å². The highest BCUT2D eigenvalue weighted by atomic mass is 35.7. The maximum absolute atomic E-state index is 11.5. The molecule has 0 saturated carbocycles. The van der Waals surface area contributed by atoms with Crippen LogP contribution in [0.3, 0.4) is 0 Å². The Balaban J connectivity index is 3.09. The van der Waals surface area contributed by atoms with Gasteiger partial charge in [-0.25, -0.2) is 8.42 Å². The zero-order chi connectivity index (χ0) is 12.4. The lowest BCUT2D eigenvalue weighted by Gasteiger charge is -2.18. The van der Waals surface area contributed by atoms with Crippen LogP contribution in [0.25, 0.3) is 0 Å². The van der Waals surface area contributed by atoms with E-state index in [-0.39, 0.29) is 6.04 Å². The Morgan fingerprint density at radius 1 is 1.25 bits per heavy atom. The highest BCUT2D eigenvalue weighted by Crippen LogP contribution is 2.36. The molecule has 7 heteroatoms. The first-order valence-corrected chi connectivity index (χ1v) is 11.7. The Bertz CT molecular complexity index is 442. The summed E-state index contributed by atoms with van der Waals surface area (Å²) in [6.07, 6.45) is 0. The van der Waals surface area contributed by atoms with Gasteiger partial charge in [0.05, 0.1) is 0 Å². The molecule has 0 spiro atoms. The minimum absolute atomic E-state index is 0.186. The van der Waals surface area contributed by atoms with Crippen LogP contribution < -0.4 is 0 Å². The zero-order valence-electron chi connectivity index (χ0n) is 8.53. The predicted octanol–water partition coefficient (Wildman–Crippen LogP) is 3.85. The zero-order valence-corrected chi connectivity index (χ0v) is 12.6. The van der Waals surface area contributed by atoms with E-state index in [0.29, 0.717) is 5.56 Å². The van der Waals surface area contributed by atoms with Crippen molar-refractivity contribution in [2.45, 2.75) is 17.8 Å². The van der Waals surface area contributed by atoms with Crippen LogP contribution in [0.4, 0.5) is 0 Å². The SMILES string of the molecule is C[Si](Cl)(Cl)CC(c1ccccc1)S(=O)(=O)Cl. The van der Waals surface area contributed by atoms with Gasteiger partial charge in [0.15, 0.2) is 0 Å². The Kier molecular flexibility index (Phi) is 4.72. The van der Waals surface area contributed by atoms with Crippen LogP contribution in [-0.4, -0.2) is 15.1 Å². The lowest BCUT2D eigenvalue weighted by molar-refractivity contribution is 0.600. The van der Waals surface area contributed by atoms with Crippen molar-refractivity contribution in [3.05, 3.63) is 35.9 Å². The average Bonchev–Trinajstić information content (AvgIpc) is 2.13. The standard InChI is InChI=1S/C9H11Cl3O2SSi/c1-16(11,12)7-9(15(10,13)14)8-5-3-2-4-6-8/h2-6,9H,7H2,1H3. The molecule has 0 amide bonds. The molecular formula is C9H11Cl3O2SSi. The quantitative estimate of drug-likeness (QED) is 0.480. The van der Waals surface area contributed by atoms with Crippen LogP contribution in [0.2, 0.25) is 12.6 Å². The summed E-state index contributed by atoms with van der Waals surface area (Å²) < 4.78 is 23.0. The molecule has 0 aromatic heterocycles. The van der Waals surface area contributed by atoms with Gasteiger partial charge in [-0.15, -0.1) is 22.2 Å². The number of rotatable bonds is 4. The molecule has 1 atom stereocenters. The number of hydrogen-bond acceptors (Lipinski definition) is 2. The average molecular weight is 318 g/mol. The molecule has 0 radical (unpaired) electrons. The summed E-state index contributed by atoms with van der Waals surface area (Å²) in [5, 5.41) is -0.831. The lowest BCUT2D eigenvalue weighted by Crippen LogP contribution is -2.20. The molecule has 0 fully saturated rings. The Labute approximate surface area is 110 Å². The highest BCUT2D eigenvalue weighted by molar-refractivity contribution is 8.14. The molecule has 0 aliphatic rings. The van der Waals surface area contributed by atoms with Crippen molar-refractivity contribution in [3.8, 4) is 0 Å². The minimum Gasteiger partial charge on any atom is -0.212 e. The van der Waals surface area contributed by atoms with Crippen LogP contribution in [0.15, 0.2) is 30.3 Å². The molecule has 1 aromatic rings. The molecule has 16 heavy (non-hydrogen) atoms. The third-order valence-electron chi connectivity index (χ3n) is 2.06. The first-order valence-electron chi connectivity index (χ1n) is 4.56. The molecule has 1 aromatic carbocycles. The molecule has 0 saturated heterocycles. The Morgan fingerprint density at radius 2 is 1.75 bits per heavy atom. The van der Waals surface area contributed by atoms with Gasteiger partial charge in [0.2, 0.25) is 15.7 Å². The second-order valence-corrected chi connectivity index (χ2v) is 14.6. The molecule has 0 aliphatic carbocycles. The first-order chi connectivity index (χ1) is 7.20. The summed E-state index contributed by atoms with van der Waals surface area (Å²) in [4.78, 5) is 0. The highest BCUT2D eigenvalue weighted by Gasteiger charge is 2.34. The number of hydrogen-bond donors (Lipinski definition) is 0. The fourth-order valence-electron chi connectivity index (χ4n) is 1.37. The molecule has 0 aliphatic heterocycles. The van der Waals surface area contributed by atoms with E-state index in [2.05, 4.69) is 0 Å². The van der Waals surface area contributed by atoms with E-state index >= 15 is 0 Å². The van der Waals surface area contributed by atoms with E-state index in [1.807, 2.05) is 0 Å². The molecule has 90 valence electrons. The van der Waals surface area contributed by atoms with Crippen molar-refractivity contribution in [1.82, 2.24) is 0 Å². The van der Waals surface area contributed by atoms with Crippen molar-refractivity contribution in [2.24, 2.45) is 0 Å². The van der Waals surface area contributed by atoms with Gasteiger partial charge in [-0.1, -0.05) is 30.3 Å². The third kappa shape index (κ3) is 4.63. The monoisotopic (exact) mass is 316 g/mol. The minimum atomic E-state index is -3.71. The van der Waals surface area contributed by atoms with Gasteiger partial charge >= 0.3 is 0 Å². The summed E-state index contributed by atoms with van der Waals surface area (Å²) in [7, 11) is 1.70. The van der Waals surface area contributed by atoms with Crippen LogP contribution in [0.5, 0.6) is 0 Å². The molecule has 0 heterocycles. The van der Waals surface area contributed by atoms with E-state index in [4.69, 9.17) is 32.8 Å². The van der Waals surface area contributed by atoms with E-state index in [9.17, 15) is 8.42 Å². The normalized spacial score (nSPS) is 14.8. The van der Waals surface area contributed by atoms with E-state index in [0.717, 1.165) is 0 Å². The summed E-state index contributed by atoms with van der Waals surface area (Å²) >= 11 is 11.9. The van der Waals surface area contributed by atoms with Crippen molar-refractivity contribution >= 4 is 48.6 Å². The molecule has 1 rings (SSSR count). The molecule has 2 nitrogen and oxygen atoms in total. The summed E-state index contributed by atoms with van der Waals surface area (Å²) in [5.74, 6) is 0. The van der Waals surface area contributed by atoms with E-state index in [1.54, 1.807) is 36.9 Å². The van der Waals surface area contributed by atoms with Crippen molar-refractivity contribution < 1.29 is 8.42 Å². The fourth-order valence-corrected chi connectivity index (χ4v) is 6.89. The van der Waals surface area contributed by atoms with Crippen LogP contribution >= 0.6 is 32.8 Å². The molecular weight excluding hydrogens is 307 g/mol. The Morgan fingerprint density at radius 3 is 2.12 bits per heavy atom. The van der Waals surface area contributed by atoms with E-state index < -0.39 is 21.0 Å². The van der Waals surface area contributed by atoms with Gasteiger partial charge in [-0.05, 0) is 18.2 Å². The summed E-state index contributed by atoms with van der Waals surface area (Å²) in [5.41, 5.74) is 0.623. The van der Waals surface area contributed by atoms with Gasteiger partial charge < -0.3 is 0 Å². The molecule has 0 N–H and O–H groups in total. The van der Waals surface area contributed by atoms with Crippen LogP contribution in [-0.2, 0) is 9.05 Å². The smallest absolute Gasteiger partial charge is 0.212 e. The fraction of sp³-hybridized carbons (Fsp3) is 0.333. The molecule has 1 unspecified atom stereocenters. The van der Waals surface area contributed by atoms with Crippen LogP contribution in [0, 0.1) is 0 Å². The Hall–Kier alpha value is 0.257. The predicted molar refractivity (Wildman–Crippen MR) is 72.1 cm³/mol. The maximum atomic E-state index is 11.5. The van der Waals surface area contributed by atoms with Gasteiger partial charge in [0.25, 0.3) is 0 Å². The van der Waals surface area contributed by atoms with Crippen molar-refractivity contribution in [2.75, 3.05) is 0 Å². The van der Waals surface area contributed by atoms with Gasteiger partial charge in [0.1, 0.15) is 5.25 Å². The topological polar surface area (TPSA) is 34.1 Å². The second kappa shape index (κ2) is 5.27. The number of benzene rings is 1. The summed E-state index contributed by atoms with van der Waals surface area (Å²) in [6.45, 7) is -0.857. The van der Waals surface area contributed by atoms with Crippen molar-refractivity contribution in [1.29, 1.82) is 0 Å².